The van der Waals surface area contributed by atoms with Crippen LogP contribution >= 0.6 is 0 Å². The summed E-state index contributed by atoms with van der Waals surface area (Å²) in [7, 11) is 0. The van der Waals surface area contributed by atoms with Gasteiger partial charge in [-0.25, -0.2) is 4.79 Å². The molecule has 0 unspecified atom stereocenters. The molecule has 0 aliphatic heterocycles. The van der Waals surface area contributed by atoms with Gasteiger partial charge in [-0.2, -0.15) is 0 Å². The fourth-order valence-electron chi connectivity index (χ4n) is 1.92. The molecule has 1 N–H and O–H groups in total. The Kier molecular flexibility index (Phi) is 1.74. The number of fused-ring (bicyclic) bond motifs is 3. The van der Waals surface area contributed by atoms with Crippen molar-refractivity contribution >= 4 is 21.7 Å². The van der Waals surface area contributed by atoms with E-state index < -0.39 is 5.63 Å². The number of hydrogen-bond acceptors (Lipinski definition) is 3. The molecule has 0 aliphatic rings. The van der Waals surface area contributed by atoms with Crippen molar-refractivity contribution in [3.63, 3.8) is 0 Å². The van der Waals surface area contributed by atoms with E-state index in [9.17, 15) is 9.90 Å². The van der Waals surface area contributed by atoms with Crippen LogP contribution in [0.5, 0.6) is 5.75 Å². The highest BCUT2D eigenvalue weighted by Gasteiger charge is 2.07. The standard InChI is InChI=1S/C13H8O3/c14-10-7-12(15)16-11-6-5-8-3-1-2-4-9(8)13(10)11/h1-7,14H. The van der Waals surface area contributed by atoms with Gasteiger partial charge in [0.1, 0.15) is 11.3 Å². The van der Waals surface area contributed by atoms with Crippen molar-refractivity contribution in [1.82, 2.24) is 0 Å². The first-order valence-electron chi connectivity index (χ1n) is 4.90. The summed E-state index contributed by atoms with van der Waals surface area (Å²) in [6.45, 7) is 0. The van der Waals surface area contributed by atoms with E-state index >= 15 is 0 Å². The van der Waals surface area contributed by atoms with Gasteiger partial charge in [0.2, 0.25) is 0 Å². The van der Waals surface area contributed by atoms with E-state index in [1.54, 1.807) is 6.07 Å². The average molecular weight is 212 g/mol. The van der Waals surface area contributed by atoms with Crippen LogP contribution in [0.3, 0.4) is 0 Å². The third-order valence-electron chi connectivity index (χ3n) is 2.61. The lowest BCUT2D eigenvalue weighted by atomic mass is 10.1. The lowest BCUT2D eigenvalue weighted by Crippen LogP contribution is -1.95. The molecular weight excluding hydrogens is 204 g/mol. The molecule has 0 saturated heterocycles. The second-order valence-electron chi connectivity index (χ2n) is 3.61. The van der Waals surface area contributed by atoms with E-state index in [4.69, 9.17) is 4.42 Å². The summed E-state index contributed by atoms with van der Waals surface area (Å²) in [5.41, 5.74) is -0.135. The van der Waals surface area contributed by atoms with Gasteiger partial charge in [-0.3, -0.25) is 0 Å². The van der Waals surface area contributed by atoms with Crippen LogP contribution in [0.4, 0.5) is 0 Å². The Hall–Kier alpha value is -2.29. The topological polar surface area (TPSA) is 50.4 Å². The van der Waals surface area contributed by atoms with Crippen molar-refractivity contribution in [3.8, 4) is 5.75 Å². The van der Waals surface area contributed by atoms with Crippen LogP contribution in [-0.2, 0) is 0 Å². The molecule has 0 aliphatic carbocycles. The summed E-state index contributed by atoms with van der Waals surface area (Å²) in [5, 5.41) is 12.2. The Morgan fingerprint density at radius 1 is 1.06 bits per heavy atom. The molecule has 1 heterocycles. The van der Waals surface area contributed by atoms with Crippen molar-refractivity contribution in [2.75, 3.05) is 0 Å². The van der Waals surface area contributed by atoms with Gasteiger partial charge >= 0.3 is 5.63 Å². The van der Waals surface area contributed by atoms with E-state index in [0.717, 1.165) is 16.8 Å². The molecule has 3 nitrogen and oxygen atoms in total. The van der Waals surface area contributed by atoms with Crippen LogP contribution in [0, 0.1) is 0 Å². The third kappa shape index (κ3) is 1.18. The van der Waals surface area contributed by atoms with Crippen LogP contribution in [0.25, 0.3) is 21.7 Å². The molecule has 3 aromatic rings. The first-order valence-corrected chi connectivity index (χ1v) is 4.90. The molecule has 78 valence electrons. The van der Waals surface area contributed by atoms with Gasteiger partial charge < -0.3 is 9.52 Å². The van der Waals surface area contributed by atoms with Gasteiger partial charge in [-0.15, -0.1) is 0 Å². The number of benzene rings is 2. The number of aromatic hydroxyl groups is 1. The maximum absolute atomic E-state index is 11.1. The molecule has 16 heavy (non-hydrogen) atoms. The molecule has 0 spiro atoms. The maximum Gasteiger partial charge on any atom is 0.339 e. The Balaban J connectivity index is 2.65. The number of hydrogen-bond donors (Lipinski definition) is 1. The predicted molar refractivity (Wildman–Crippen MR) is 61.7 cm³/mol. The lowest BCUT2D eigenvalue weighted by Gasteiger charge is -2.03. The second kappa shape index (κ2) is 3.10. The van der Waals surface area contributed by atoms with E-state index in [-0.39, 0.29) is 5.75 Å². The quantitative estimate of drug-likeness (QED) is 0.460. The van der Waals surface area contributed by atoms with Crippen molar-refractivity contribution in [2.45, 2.75) is 0 Å². The summed E-state index contributed by atoms with van der Waals surface area (Å²) in [6, 6.07) is 12.3. The number of rotatable bonds is 0. The van der Waals surface area contributed by atoms with E-state index in [2.05, 4.69) is 0 Å². The molecule has 0 radical (unpaired) electrons. The Morgan fingerprint density at radius 3 is 2.75 bits per heavy atom. The van der Waals surface area contributed by atoms with Crippen LogP contribution in [0.1, 0.15) is 0 Å². The molecule has 1 aromatic heterocycles. The Morgan fingerprint density at radius 2 is 1.88 bits per heavy atom. The summed E-state index contributed by atoms with van der Waals surface area (Å²) in [4.78, 5) is 11.1. The molecule has 0 amide bonds. The van der Waals surface area contributed by atoms with Gasteiger partial charge in [-0.1, -0.05) is 30.3 Å². The zero-order chi connectivity index (χ0) is 11.1. The molecule has 2 aromatic carbocycles. The van der Waals surface area contributed by atoms with Crippen molar-refractivity contribution < 1.29 is 9.52 Å². The second-order valence-corrected chi connectivity index (χ2v) is 3.61. The van der Waals surface area contributed by atoms with Gasteiger partial charge in [0, 0.05) is 0 Å². The molecule has 0 bridgehead atoms. The fourth-order valence-corrected chi connectivity index (χ4v) is 1.92. The molecule has 3 heteroatoms. The smallest absolute Gasteiger partial charge is 0.339 e. The Labute approximate surface area is 90.6 Å². The minimum atomic E-state index is -0.541. The minimum absolute atomic E-state index is 0.0388. The van der Waals surface area contributed by atoms with E-state index in [1.165, 1.54) is 0 Å². The summed E-state index contributed by atoms with van der Waals surface area (Å²) < 4.78 is 5.04. The fraction of sp³-hybridized carbons (Fsp3) is 0. The largest absolute Gasteiger partial charge is 0.507 e. The van der Waals surface area contributed by atoms with Gasteiger partial charge in [0.15, 0.2) is 0 Å². The van der Waals surface area contributed by atoms with Crippen molar-refractivity contribution in [3.05, 3.63) is 52.9 Å². The predicted octanol–water partition coefficient (Wildman–Crippen LogP) is 2.65. The highest BCUT2D eigenvalue weighted by Crippen LogP contribution is 2.30. The van der Waals surface area contributed by atoms with Crippen LogP contribution in [0.15, 0.2) is 51.7 Å². The summed E-state index contributed by atoms with van der Waals surface area (Å²) >= 11 is 0. The van der Waals surface area contributed by atoms with Crippen LogP contribution < -0.4 is 5.63 Å². The molecular formula is C13H8O3. The van der Waals surface area contributed by atoms with E-state index in [0.29, 0.717) is 11.0 Å². The zero-order valence-corrected chi connectivity index (χ0v) is 8.31. The monoisotopic (exact) mass is 212 g/mol. The molecule has 0 saturated carbocycles. The SMILES string of the molecule is O=c1cc(O)c2c(ccc3ccccc32)o1. The summed E-state index contributed by atoms with van der Waals surface area (Å²) in [5.74, 6) is -0.0388. The zero-order valence-electron chi connectivity index (χ0n) is 8.31. The van der Waals surface area contributed by atoms with Gasteiger partial charge in [-0.05, 0) is 16.8 Å². The normalized spacial score (nSPS) is 11.0. The average Bonchev–Trinajstić information content (AvgIpc) is 2.28. The van der Waals surface area contributed by atoms with Gasteiger partial charge in [0.25, 0.3) is 0 Å². The third-order valence-corrected chi connectivity index (χ3v) is 2.61. The maximum atomic E-state index is 11.1. The summed E-state index contributed by atoms with van der Waals surface area (Å²) in [6.07, 6.45) is 0. The Bertz CT molecular complexity index is 741. The lowest BCUT2D eigenvalue weighted by molar-refractivity contribution is 0.468. The van der Waals surface area contributed by atoms with Crippen LogP contribution in [0.2, 0.25) is 0 Å². The molecule has 0 atom stereocenters. The van der Waals surface area contributed by atoms with Gasteiger partial charge in [0.05, 0.1) is 11.5 Å². The first kappa shape index (κ1) is 8.97. The molecule has 3 rings (SSSR count). The van der Waals surface area contributed by atoms with E-state index in [1.807, 2.05) is 30.3 Å². The highest BCUT2D eigenvalue weighted by atomic mass is 16.4. The molecule has 0 fully saturated rings. The minimum Gasteiger partial charge on any atom is -0.507 e. The van der Waals surface area contributed by atoms with Crippen molar-refractivity contribution in [2.24, 2.45) is 0 Å². The van der Waals surface area contributed by atoms with Crippen LogP contribution in [-0.4, -0.2) is 5.11 Å². The highest BCUT2D eigenvalue weighted by molar-refractivity contribution is 6.08. The van der Waals surface area contributed by atoms with Crippen molar-refractivity contribution in [1.29, 1.82) is 0 Å². The first-order chi connectivity index (χ1) is 7.75.